The van der Waals surface area contributed by atoms with E-state index < -0.39 is 0 Å². The van der Waals surface area contributed by atoms with Gasteiger partial charge in [-0.25, -0.2) is 4.98 Å². The Balaban J connectivity index is 1.03. The predicted octanol–water partition coefficient (Wildman–Crippen LogP) is 16.9. The van der Waals surface area contributed by atoms with Gasteiger partial charge in [0.25, 0.3) is 0 Å². The molecule has 67 heavy (non-hydrogen) atoms. The lowest BCUT2D eigenvalue weighted by atomic mass is 9.83. The van der Waals surface area contributed by atoms with Crippen molar-refractivity contribution in [1.29, 1.82) is 0 Å². The Morgan fingerprint density at radius 2 is 1.07 bits per heavy atom. The summed E-state index contributed by atoms with van der Waals surface area (Å²) in [6.07, 6.45) is 14.2. The van der Waals surface area contributed by atoms with Gasteiger partial charge in [0.05, 0.1) is 22.1 Å². The number of benzene rings is 8. The summed E-state index contributed by atoms with van der Waals surface area (Å²) in [5.41, 5.74) is 21.8. The van der Waals surface area contributed by atoms with E-state index in [2.05, 4.69) is 216 Å². The summed E-state index contributed by atoms with van der Waals surface area (Å²) in [6.45, 7) is 2.35. The molecule has 0 N–H and O–H groups in total. The molecule has 0 saturated carbocycles. The van der Waals surface area contributed by atoms with Crippen molar-refractivity contribution in [3.63, 3.8) is 0 Å². The number of hydrogen-bond donors (Lipinski definition) is 0. The molecule has 0 amide bonds. The van der Waals surface area contributed by atoms with Gasteiger partial charge in [-0.1, -0.05) is 165 Å². The molecule has 3 heteroatoms. The second kappa shape index (κ2) is 16.2. The molecule has 3 nitrogen and oxygen atoms in total. The van der Waals surface area contributed by atoms with Crippen LogP contribution in [0, 0.1) is 5.92 Å². The molecule has 0 saturated heterocycles. The Labute approximate surface area is 391 Å². The Morgan fingerprint density at radius 1 is 0.478 bits per heavy atom. The van der Waals surface area contributed by atoms with E-state index in [9.17, 15) is 0 Å². The Bertz CT molecular complexity index is 3770. The molecule has 2 aliphatic carbocycles. The molecular weight excluding hydrogens is 811 g/mol. The summed E-state index contributed by atoms with van der Waals surface area (Å²) in [4.78, 5) is 4.96. The summed E-state index contributed by atoms with van der Waals surface area (Å²) >= 11 is 0. The van der Waals surface area contributed by atoms with E-state index in [0.29, 0.717) is 5.92 Å². The van der Waals surface area contributed by atoms with Crippen LogP contribution in [-0.2, 0) is 12.8 Å². The molecule has 0 fully saturated rings. The van der Waals surface area contributed by atoms with Crippen molar-refractivity contribution in [2.45, 2.75) is 39.0 Å². The molecule has 2 aliphatic rings. The molecule has 11 aromatic rings. The van der Waals surface area contributed by atoms with Crippen molar-refractivity contribution in [1.82, 2.24) is 14.1 Å². The number of aromatic nitrogens is 3. The summed E-state index contributed by atoms with van der Waals surface area (Å²) in [7, 11) is 0. The summed E-state index contributed by atoms with van der Waals surface area (Å²) < 4.78 is 5.03. The zero-order valence-electron chi connectivity index (χ0n) is 37.7. The van der Waals surface area contributed by atoms with Crippen LogP contribution in [0.15, 0.2) is 212 Å². The fourth-order valence-corrected chi connectivity index (χ4v) is 11.5. The monoisotopic (exact) mass is 859 g/mol. The second-order valence-corrected chi connectivity index (χ2v) is 18.5. The highest BCUT2D eigenvalue weighted by Gasteiger charge is 2.27. The molecule has 13 rings (SSSR count). The number of rotatable bonds is 7. The van der Waals surface area contributed by atoms with Crippen LogP contribution in [0.1, 0.15) is 37.3 Å². The standard InChI is InChI=1S/C64H49N3/c1-2-42-17-9-10-22-48(37-42)66-60-34-29-45(51-25-13-11-23-49(51)43-18-5-3-6-19-43)38-57(60)55-33-32-53-54(64(55)66)31-28-47-40-59-58-39-46(52-26-14-12-24-50(52)44-20-7-4-8-21-44)30-35-61(58)67(62(59)41-56(47)53)63-27-15-16-36-65-63/h3-16,18-27,29-30,32-36,38-42H,2,17,28,31,37H2,1H3. The van der Waals surface area contributed by atoms with Crippen LogP contribution in [0.2, 0.25) is 0 Å². The van der Waals surface area contributed by atoms with Crippen molar-refractivity contribution in [2.24, 2.45) is 5.92 Å². The first-order chi connectivity index (χ1) is 33.2. The summed E-state index contributed by atoms with van der Waals surface area (Å²) in [6, 6.07) is 69.5. The van der Waals surface area contributed by atoms with Gasteiger partial charge >= 0.3 is 0 Å². The number of hydrogen-bond acceptors (Lipinski definition) is 1. The van der Waals surface area contributed by atoms with Gasteiger partial charge in [0.1, 0.15) is 5.82 Å². The number of allylic oxidation sites excluding steroid dienone is 4. The van der Waals surface area contributed by atoms with Crippen LogP contribution in [0.5, 0.6) is 0 Å². The van der Waals surface area contributed by atoms with Crippen molar-refractivity contribution in [3.05, 3.63) is 224 Å². The molecule has 320 valence electrons. The molecule has 3 aromatic heterocycles. The molecule has 1 unspecified atom stereocenters. The molecular formula is C64H49N3. The topological polar surface area (TPSA) is 22.8 Å². The van der Waals surface area contributed by atoms with Crippen LogP contribution < -0.4 is 0 Å². The summed E-state index contributed by atoms with van der Waals surface area (Å²) in [5.74, 6) is 1.53. The highest BCUT2D eigenvalue weighted by molar-refractivity contribution is 6.16. The maximum absolute atomic E-state index is 4.96. The lowest BCUT2D eigenvalue weighted by Gasteiger charge is -2.24. The van der Waals surface area contributed by atoms with Crippen LogP contribution in [0.3, 0.4) is 0 Å². The van der Waals surface area contributed by atoms with Gasteiger partial charge < -0.3 is 4.57 Å². The Morgan fingerprint density at radius 3 is 1.72 bits per heavy atom. The first-order valence-corrected chi connectivity index (χ1v) is 24.0. The third-order valence-corrected chi connectivity index (χ3v) is 14.7. The number of aryl methyl sites for hydroxylation is 2. The van der Waals surface area contributed by atoms with Gasteiger partial charge in [0.15, 0.2) is 0 Å². The summed E-state index contributed by atoms with van der Waals surface area (Å²) in [5, 5.41) is 5.14. The molecule has 8 aromatic carbocycles. The van der Waals surface area contributed by atoms with E-state index in [-0.39, 0.29) is 0 Å². The third kappa shape index (κ3) is 6.52. The largest absolute Gasteiger partial charge is 0.313 e. The molecule has 0 radical (unpaired) electrons. The van der Waals surface area contributed by atoms with Gasteiger partial charge in [-0.3, -0.25) is 4.57 Å². The predicted molar refractivity (Wildman–Crippen MR) is 283 cm³/mol. The average molecular weight is 860 g/mol. The van der Waals surface area contributed by atoms with E-state index >= 15 is 0 Å². The van der Waals surface area contributed by atoms with Crippen molar-refractivity contribution in [3.8, 4) is 61.5 Å². The van der Waals surface area contributed by atoms with E-state index in [1.165, 1.54) is 111 Å². The fourth-order valence-electron chi connectivity index (χ4n) is 11.5. The minimum absolute atomic E-state index is 0.601. The normalized spacial score (nSPS) is 14.6. The van der Waals surface area contributed by atoms with Gasteiger partial charge in [-0.05, 0) is 153 Å². The van der Waals surface area contributed by atoms with Crippen LogP contribution in [0.25, 0.3) is 111 Å². The van der Waals surface area contributed by atoms with Crippen molar-refractivity contribution < 1.29 is 0 Å². The maximum atomic E-state index is 4.96. The minimum atomic E-state index is 0.601. The van der Waals surface area contributed by atoms with Crippen molar-refractivity contribution >= 4 is 49.3 Å². The van der Waals surface area contributed by atoms with Crippen LogP contribution in [-0.4, -0.2) is 14.1 Å². The van der Waals surface area contributed by atoms with Crippen molar-refractivity contribution in [2.75, 3.05) is 0 Å². The number of nitrogens with zero attached hydrogens (tertiary/aromatic N) is 3. The minimum Gasteiger partial charge on any atom is -0.313 e. The highest BCUT2D eigenvalue weighted by Crippen LogP contribution is 2.47. The van der Waals surface area contributed by atoms with Crippen LogP contribution >= 0.6 is 0 Å². The SMILES string of the molecule is CCC1CC=CC=C(n2c3ccc(-c4ccccc4-c4ccccc4)cc3c3ccc4c(c32)CCc2cc3c5cc(-c6ccccc6-c6ccccc6)ccc5n(-c5ccccn5)c3cc2-4)C1. The molecule has 0 spiro atoms. The van der Waals surface area contributed by atoms with E-state index in [4.69, 9.17) is 4.98 Å². The van der Waals surface area contributed by atoms with Gasteiger partial charge in [-0.15, -0.1) is 0 Å². The number of fused-ring (bicyclic) bond motifs is 10. The zero-order chi connectivity index (χ0) is 44.4. The lowest BCUT2D eigenvalue weighted by molar-refractivity contribution is 0.527. The first-order valence-electron chi connectivity index (χ1n) is 24.0. The first kappa shape index (κ1) is 39.4. The van der Waals surface area contributed by atoms with Gasteiger partial charge in [0.2, 0.25) is 0 Å². The maximum Gasteiger partial charge on any atom is 0.137 e. The zero-order valence-corrected chi connectivity index (χ0v) is 37.7. The molecule has 0 aliphatic heterocycles. The second-order valence-electron chi connectivity index (χ2n) is 18.5. The molecule has 0 bridgehead atoms. The Kier molecular flexibility index (Phi) is 9.49. The highest BCUT2D eigenvalue weighted by atomic mass is 15.1. The molecule has 1 atom stereocenters. The average Bonchev–Trinajstić information content (AvgIpc) is 3.78. The van der Waals surface area contributed by atoms with Crippen LogP contribution in [0.4, 0.5) is 0 Å². The van der Waals surface area contributed by atoms with E-state index in [1.54, 1.807) is 0 Å². The van der Waals surface area contributed by atoms with E-state index in [1.807, 2.05) is 12.3 Å². The lowest BCUT2D eigenvalue weighted by Crippen LogP contribution is -2.09. The smallest absolute Gasteiger partial charge is 0.137 e. The Hall–Kier alpha value is -8.01. The number of pyridine rings is 1. The third-order valence-electron chi connectivity index (χ3n) is 14.7. The quantitative estimate of drug-likeness (QED) is 0.157. The molecule has 3 heterocycles. The fraction of sp³-hybridized carbons (Fsp3) is 0.109. The van der Waals surface area contributed by atoms with Gasteiger partial charge in [0, 0.05) is 33.4 Å². The van der Waals surface area contributed by atoms with Gasteiger partial charge in [-0.2, -0.15) is 0 Å². The van der Waals surface area contributed by atoms with E-state index in [0.717, 1.165) is 43.4 Å².